The zero-order valence-corrected chi connectivity index (χ0v) is 20.4. The number of nitrogens with zero attached hydrogens (tertiary/aromatic N) is 1. The van der Waals surface area contributed by atoms with Crippen LogP contribution in [-0.2, 0) is 23.7 Å². The van der Waals surface area contributed by atoms with Gasteiger partial charge in [-0.05, 0) is 110 Å². The van der Waals surface area contributed by atoms with E-state index in [0.717, 1.165) is 24.0 Å². The maximum atomic E-state index is 11.5. The van der Waals surface area contributed by atoms with E-state index in [0.29, 0.717) is 0 Å². The highest BCUT2D eigenvalue weighted by atomic mass is 16.1. The number of carbonyl (C=O) groups excluding carboxylic acids is 1. The summed E-state index contributed by atoms with van der Waals surface area (Å²) in [6, 6.07) is 10.6. The van der Waals surface area contributed by atoms with Crippen LogP contribution in [0.15, 0.2) is 24.3 Å². The first-order chi connectivity index (χ1) is 14.5. The minimum absolute atomic E-state index is 0.184. The molecule has 0 spiro atoms. The summed E-state index contributed by atoms with van der Waals surface area (Å²) in [5.41, 5.74) is 10.4. The Morgan fingerprint density at radius 2 is 1.32 bits per heavy atom. The SMILES string of the molecule is CC(=O)c1ccc2c(c1C)CCCC2(C)C.Cc1c(C#N)ccc2c1CCCC2(C)C. The lowest BCUT2D eigenvalue weighted by Gasteiger charge is -2.34. The molecule has 0 unspecified atom stereocenters. The maximum Gasteiger partial charge on any atom is 0.160 e. The molecule has 4 rings (SSSR count). The first-order valence-corrected chi connectivity index (χ1v) is 11.7. The van der Waals surface area contributed by atoms with Crippen molar-refractivity contribution in [1.82, 2.24) is 0 Å². The van der Waals surface area contributed by atoms with Gasteiger partial charge in [0.05, 0.1) is 11.6 Å². The Morgan fingerprint density at radius 1 is 0.839 bits per heavy atom. The number of benzene rings is 2. The molecule has 2 aliphatic carbocycles. The van der Waals surface area contributed by atoms with Gasteiger partial charge in [-0.3, -0.25) is 4.79 Å². The van der Waals surface area contributed by atoms with E-state index in [2.05, 4.69) is 59.7 Å². The van der Waals surface area contributed by atoms with Crippen LogP contribution >= 0.6 is 0 Å². The summed E-state index contributed by atoms with van der Waals surface area (Å²) in [6.07, 6.45) is 7.26. The molecule has 0 amide bonds. The van der Waals surface area contributed by atoms with Gasteiger partial charge in [-0.1, -0.05) is 45.9 Å². The van der Waals surface area contributed by atoms with Crippen LogP contribution in [0.3, 0.4) is 0 Å². The largest absolute Gasteiger partial charge is 0.295 e. The van der Waals surface area contributed by atoms with Crippen molar-refractivity contribution in [2.24, 2.45) is 0 Å². The molecule has 0 saturated carbocycles. The van der Waals surface area contributed by atoms with Crippen molar-refractivity contribution in [3.63, 3.8) is 0 Å². The first-order valence-electron chi connectivity index (χ1n) is 11.7. The number of hydrogen-bond acceptors (Lipinski definition) is 2. The third kappa shape index (κ3) is 4.47. The fourth-order valence-electron chi connectivity index (χ4n) is 5.61. The topological polar surface area (TPSA) is 40.9 Å². The minimum atomic E-state index is 0.184. The third-order valence-electron chi connectivity index (χ3n) is 7.61. The molecule has 0 saturated heterocycles. The summed E-state index contributed by atoms with van der Waals surface area (Å²) in [4.78, 5) is 11.5. The van der Waals surface area contributed by atoms with E-state index in [1.54, 1.807) is 6.92 Å². The van der Waals surface area contributed by atoms with Crippen molar-refractivity contribution < 1.29 is 4.79 Å². The van der Waals surface area contributed by atoms with E-state index >= 15 is 0 Å². The lowest BCUT2D eigenvalue weighted by atomic mass is 9.71. The van der Waals surface area contributed by atoms with Crippen LogP contribution < -0.4 is 0 Å². The summed E-state index contributed by atoms with van der Waals surface area (Å²) in [7, 11) is 0. The summed E-state index contributed by atoms with van der Waals surface area (Å²) >= 11 is 0. The van der Waals surface area contributed by atoms with E-state index in [9.17, 15) is 4.79 Å². The molecular formula is C29H37NO. The highest BCUT2D eigenvalue weighted by Crippen LogP contribution is 2.39. The van der Waals surface area contributed by atoms with Gasteiger partial charge < -0.3 is 0 Å². The predicted octanol–water partition coefficient (Wildman–Crippen LogP) is 7.29. The quantitative estimate of drug-likeness (QED) is 0.459. The van der Waals surface area contributed by atoms with Gasteiger partial charge in [-0.15, -0.1) is 0 Å². The minimum Gasteiger partial charge on any atom is -0.295 e. The Balaban J connectivity index is 0.000000176. The van der Waals surface area contributed by atoms with E-state index in [1.807, 2.05) is 12.1 Å². The maximum absolute atomic E-state index is 11.5. The number of rotatable bonds is 1. The van der Waals surface area contributed by atoms with E-state index in [-0.39, 0.29) is 16.6 Å². The van der Waals surface area contributed by atoms with Crippen LogP contribution in [0.1, 0.15) is 110 Å². The Bertz CT molecular complexity index is 1050. The molecule has 0 radical (unpaired) electrons. The Kier molecular flexibility index (Phi) is 6.47. The van der Waals surface area contributed by atoms with Crippen molar-refractivity contribution in [2.45, 2.75) is 97.8 Å². The second kappa shape index (κ2) is 8.62. The van der Waals surface area contributed by atoms with Crippen molar-refractivity contribution in [3.05, 3.63) is 68.8 Å². The van der Waals surface area contributed by atoms with E-state index < -0.39 is 0 Å². The summed E-state index contributed by atoms with van der Waals surface area (Å²) in [6.45, 7) is 15.0. The van der Waals surface area contributed by atoms with Gasteiger partial charge in [-0.2, -0.15) is 5.26 Å². The lowest BCUT2D eigenvalue weighted by Crippen LogP contribution is -2.25. The van der Waals surface area contributed by atoms with Crippen molar-refractivity contribution in [3.8, 4) is 6.07 Å². The van der Waals surface area contributed by atoms with E-state index in [1.165, 1.54) is 59.1 Å². The summed E-state index contributed by atoms with van der Waals surface area (Å²) in [5.74, 6) is 0.184. The van der Waals surface area contributed by atoms with Crippen LogP contribution in [0.5, 0.6) is 0 Å². The number of nitriles is 1. The fraction of sp³-hybridized carbons (Fsp3) is 0.517. The number of carbonyl (C=O) groups is 1. The van der Waals surface area contributed by atoms with Crippen molar-refractivity contribution in [2.75, 3.05) is 0 Å². The monoisotopic (exact) mass is 415 g/mol. The van der Waals surface area contributed by atoms with E-state index in [4.69, 9.17) is 5.26 Å². The van der Waals surface area contributed by atoms with Gasteiger partial charge in [0.2, 0.25) is 0 Å². The standard InChI is InChI=1S/C15H20O.C14H17N/c1-10-12(11(2)16)7-8-14-13(10)6-5-9-15(14,3)4;1-10-11(9-15)6-7-13-12(10)5-4-8-14(13,2)3/h7-8H,5-6,9H2,1-4H3;6-7H,4-5,8H2,1-3H3. The molecule has 2 aromatic rings. The lowest BCUT2D eigenvalue weighted by molar-refractivity contribution is 0.101. The molecule has 2 aromatic carbocycles. The van der Waals surface area contributed by atoms with Crippen LogP contribution in [0.2, 0.25) is 0 Å². The normalized spacial score (nSPS) is 18.0. The first kappa shape index (κ1) is 23.3. The van der Waals surface area contributed by atoms with Crippen LogP contribution in [0.25, 0.3) is 0 Å². The van der Waals surface area contributed by atoms with Gasteiger partial charge in [-0.25, -0.2) is 0 Å². The Hall–Kier alpha value is -2.40. The average Bonchev–Trinajstić information content (AvgIpc) is 2.69. The van der Waals surface area contributed by atoms with Crippen molar-refractivity contribution in [1.29, 1.82) is 5.26 Å². The third-order valence-corrected chi connectivity index (χ3v) is 7.61. The van der Waals surface area contributed by atoms with Gasteiger partial charge in [0.1, 0.15) is 0 Å². The molecule has 0 aliphatic heterocycles. The van der Waals surface area contributed by atoms with Gasteiger partial charge >= 0.3 is 0 Å². The second-order valence-electron chi connectivity index (χ2n) is 10.7. The molecule has 0 heterocycles. The van der Waals surface area contributed by atoms with Gasteiger partial charge in [0.15, 0.2) is 5.78 Å². The fourth-order valence-corrected chi connectivity index (χ4v) is 5.61. The smallest absolute Gasteiger partial charge is 0.160 e. The number of ketones is 1. The van der Waals surface area contributed by atoms with Gasteiger partial charge in [0.25, 0.3) is 0 Å². The Morgan fingerprint density at radius 3 is 1.81 bits per heavy atom. The number of fused-ring (bicyclic) bond motifs is 2. The molecule has 164 valence electrons. The number of hydrogen-bond donors (Lipinski definition) is 0. The molecule has 2 heteroatoms. The predicted molar refractivity (Wildman–Crippen MR) is 129 cm³/mol. The van der Waals surface area contributed by atoms with Crippen LogP contribution in [0, 0.1) is 25.2 Å². The molecular weight excluding hydrogens is 378 g/mol. The molecule has 0 fully saturated rings. The zero-order valence-electron chi connectivity index (χ0n) is 20.4. The molecule has 2 nitrogen and oxygen atoms in total. The number of Topliss-reactive ketones (excluding diaryl/α,β-unsaturated/α-hetero) is 1. The summed E-state index contributed by atoms with van der Waals surface area (Å²) in [5, 5.41) is 9.00. The van der Waals surface area contributed by atoms with Gasteiger partial charge in [0, 0.05) is 5.56 Å². The second-order valence-corrected chi connectivity index (χ2v) is 10.7. The molecule has 0 bridgehead atoms. The highest BCUT2D eigenvalue weighted by Gasteiger charge is 2.29. The van der Waals surface area contributed by atoms with Crippen LogP contribution in [0.4, 0.5) is 0 Å². The Labute approximate surface area is 188 Å². The molecule has 2 aliphatic rings. The molecule has 31 heavy (non-hydrogen) atoms. The highest BCUT2D eigenvalue weighted by molar-refractivity contribution is 5.96. The summed E-state index contributed by atoms with van der Waals surface area (Å²) < 4.78 is 0. The average molecular weight is 416 g/mol. The van der Waals surface area contributed by atoms with Crippen LogP contribution in [-0.4, -0.2) is 5.78 Å². The molecule has 0 atom stereocenters. The zero-order chi connectivity index (χ0) is 23.0. The van der Waals surface area contributed by atoms with Crippen molar-refractivity contribution >= 4 is 5.78 Å². The molecule has 0 N–H and O–H groups in total. The molecule has 0 aromatic heterocycles.